The van der Waals surface area contributed by atoms with Crippen LogP contribution in [0.25, 0.3) is 10.9 Å². The van der Waals surface area contributed by atoms with E-state index in [4.69, 9.17) is 28.2 Å². The molecular formula is C27H23Cl2N3O4. The Morgan fingerprint density at radius 1 is 0.944 bits per heavy atom. The first kappa shape index (κ1) is 25.4. The Hall–Kier alpha value is -3.68. The van der Waals surface area contributed by atoms with Crippen LogP contribution < -0.4 is 10.9 Å². The highest BCUT2D eigenvalue weighted by atomic mass is 35.5. The lowest BCUT2D eigenvalue weighted by Crippen LogP contribution is -2.21. The maximum Gasteiger partial charge on any atom is 0.338 e. The van der Waals surface area contributed by atoms with Crippen molar-refractivity contribution in [1.82, 2.24) is 9.55 Å². The number of aryl methyl sites for hydroxylation is 2. The van der Waals surface area contributed by atoms with Gasteiger partial charge in [-0.3, -0.25) is 14.6 Å². The minimum atomic E-state index is -1.35. The van der Waals surface area contributed by atoms with Crippen molar-refractivity contribution in [3.63, 3.8) is 0 Å². The van der Waals surface area contributed by atoms with Gasteiger partial charge < -0.3 is 15.0 Å². The predicted molar refractivity (Wildman–Crippen MR) is 142 cm³/mol. The quantitative estimate of drug-likeness (QED) is 0.317. The molecule has 4 aromatic rings. The number of benzene rings is 2. The van der Waals surface area contributed by atoms with E-state index in [0.717, 1.165) is 40.7 Å². The standard InChI is InChI=1S/C27H23Cl2N3O4/c1-3-16-13-22-18(21(4-2)30-16)9-12-23(33)32(22)14-15-5-7-17(8-6-15)31-26(34)24-19(28)10-11-20(29)25(24)27(35)36/h5-13H,3-4,14H2,1-2H3,(H,31,34)(H,35,36). The maximum absolute atomic E-state index is 12.8. The van der Waals surface area contributed by atoms with Gasteiger partial charge in [-0.05, 0) is 54.8 Å². The molecule has 4 rings (SSSR count). The van der Waals surface area contributed by atoms with Crippen molar-refractivity contribution in [2.24, 2.45) is 0 Å². The van der Waals surface area contributed by atoms with Gasteiger partial charge in [0.15, 0.2) is 0 Å². The summed E-state index contributed by atoms with van der Waals surface area (Å²) in [6.45, 7) is 4.41. The van der Waals surface area contributed by atoms with Crippen LogP contribution in [0.15, 0.2) is 59.4 Å². The zero-order chi connectivity index (χ0) is 26.0. The van der Waals surface area contributed by atoms with Gasteiger partial charge in [0.2, 0.25) is 0 Å². The molecular weight excluding hydrogens is 501 g/mol. The van der Waals surface area contributed by atoms with Crippen molar-refractivity contribution in [1.29, 1.82) is 0 Å². The fraction of sp³-hybridized carbons (Fsp3) is 0.185. The van der Waals surface area contributed by atoms with Crippen molar-refractivity contribution in [3.05, 3.63) is 103 Å². The number of aromatic carboxylic acids is 1. The largest absolute Gasteiger partial charge is 0.478 e. The SMILES string of the molecule is CCc1cc2c(ccc(=O)n2Cc2ccc(NC(=O)c3c(Cl)ccc(Cl)c3C(=O)O)cc2)c(CC)n1. The summed E-state index contributed by atoms with van der Waals surface area (Å²) in [7, 11) is 0. The van der Waals surface area contributed by atoms with E-state index in [2.05, 4.69) is 5.32 Å². The minimum Gasteiger partial charge on any atom is -0.478 e. The predicted octanol–water partition coefficient (Wildman–Crippen LogP) is 5.83. The second-order valence-corrected chi connectivity index (χ2v) is 9.01. The van der Waals surface area contributed by atoms with E-state index in [0.29, 0.717) is 12.2 Å². The number of hydrogen-bond donors (Lipinski definition) is 2. The minimum absolute atomic E-state index is 0.0198. The molecule has 2 heterocycles. The van der Waals surface area contributed by atoms with Gasteiger partial charge in [0.05, 0.1) is 33.2 Å². The van der Waals surface area contributed by atoms with Crippen LogP contribution in [0.1, 0.15) is 51.5 Å². The number of carboxylic acids is 1. The summed E-state index contributed by atoms with van der Waals surface area (Å²) in [5, 5.41) is 13.0. The number of halogens is 2. The van der Waals surface area contributed by atoms with Crippen molar-refractivity contribution in [2.45, 2.75) is 33.2 Å². The molecule has 184 valence electrons. The Labute approximate surface area is 217 Å². The first-order chi connectivity index (χ1) is 17.2. The number of carboxylic acid groups (broad SMARTS) is 1. The fourth-order valence-electron chi connectivity index (χ4n) is 4.08. The van der Waals surface area contributed by atoms with Crippen LogP contribution in [0.4, 0.5) is 5.69 Å². The molecule has 0 atom stereocenters. The van der Waals surface area contributed by atoms with Crippen LogP contribution in [0.3, 0.4) is 0 Å². The summed E-state index contributed by atoms with van der Waals surface area (Å²) >= 11 is 12.1. The maximum atomic E-state index is 12.8. The lowest BCUT2D eigenvalue weighted by molar-refractivity contribution is 0.0692. The number of rotatable bonds is 7. The van der Waals surface area contributed by atoms with Gasteiger partial charge in [-0.25, -0.2) is 4.79 Å². The molecule has 0 aliphatic rings. The zero-order valence-electron chi connectivity index (χ0n) is 19.6. The number of fused-ring (bicyclic) bond motifs is 1. The summed E-state index contributed by atoms with van der Waals surface area (Å²) < 4.78 is 1.72. The van der Waals surface area contributed by atoms with E-state index in [1.165, 1.54) is 12.1 Å². The molecule has 0 radical (unpaired) electrons. The van der Waals surface area contributed by atoms with Crippen LogP contribution in [0.5, 0.6) is 0 Å². The lowest BCUT2D eigenvalue weighted by atomic mass is 10.1. The molecule has 0 fully saturated rings. The molecule has 1 amide bonds. The Kier molecular flexibility index (Phi) is 7.43. The molecule has 0 spiro atoms. The van der Waals surface area contributed by atoms with Gasteiger partial charge in [-0.2, -0.15) is 0 Å². The Morgan fingerprint density at radius 3 is 2.22 bits per heavy atom. The van der Waals surface area contributed by atoms with Gasteiger partial charge in [0.1, 0.15) is 0 Å². The average molecular weight is 524 g/mol. The molecule has 0 saturated carbocycles. The molecule has 36 heavy (non-hydrogen) atoms. The normalized spacial score (nSPS) is 11.0. The first-order valence-electron chi connectivity index (χ1n) is 11.4. The molecule has 0 saturated heterocycles. The molecule has 0 bridgehead atoms. The van der Waals surface area contributed by atoms with Crippen molar-refractivity contribution in [2.75, 3.05) is 5.32 Å². The highest BCUT2D eigenvalue weighted by Crippen LogP contribution is 2.28. The highest BCUT2D eigenvalue weighted by Gasteiger charge is 2.23. The molecule has 2 aromatic carbocycles. The van der Waals surface area contributed by atoms with Crippen molar-refractivity contribution in [3.8, 4) is 0 Å². The van der Waals surface area contributed by atoms with E-state index < -0.39 is 11.9 Å². The van der Waals surface area contributed by atoms with Gasteiger partial charge in [-0.15, -0.1) is 0 Å². The molecule has 2 aromatic heterocycles. The van der Waals surface area contributed by atoms with E-state index in [9.17, 15) is 19.5 Å². The lowest BCUT2D eigenvalue weighted by Gasteiger charge is -2.14. The van der Waals surface area contributed by atoms with Crippen LogP contribution in [-0.2, 0) is 19.4 Å². The van der Waals surface area contributed by atoms with Crippen molar-refractivity contribution < 1.29 is 14.7 Å². The van der Waals surface area contributed by atoms with Crippen LogP contribution in [0.2, 0.25) is 10.0 Å². The number of aromatic nitrogens is 2. The number of carbonyl (C=O) groups is 2. The topological polar surface area (TPSA) is 101 Å². The first-order valence-corrected chi connectivity index (χ1v) is 12.1. The van der Waals surface area contributed by atoms with Crippen molar-refractivity contribution >= 4 is 51.7 Å². The van der Waals surface area contributed by atoms with Gasteiger partial charge in [0.25, 0.3) is 11.5 Å². The Balaban J connectivity index is 1.63. The third kappa shape index (κ3) is 4.98. The third-order valence-electron chi connectivity index (χ3n) is 5.91. The van der Waals surface area contributed by atoms with E-state index >= 15 is 0 Å². The second-order valence-electron chi connectivity index (χ2n) is 8.19. The second kappa shape index (κ2) is 10.5. The number of nitrogens with zero attached hydrogens (tertiary/aromatic N) is 2. The summed E-state index contributed by atoms with van der Waals surface area (Å²) in [4.78, 5) is 41.9. The number of carbonyl (C=O) groups excluding carboxylic acids is 1. The molecule has 9 heteroatoms. The molecule has 0 aliphatic heterocycles. The molecule has 0 unspecified atom stereocenters. The number of amides is 1. The Morgan fingerprint density at radius 2 is 1.61 bits per heavy atom. The van der Waals surface area contributed by atoms with Gasteiger partial charge in [-0.1, -0.05) is 49.2 Å². The summed E-state index contributed by atoms with van der Waals surface area (Å²) in [5.74, 6) is -2.04. The van der Waals surface area contributed by atoms with Gasteiger partial charge in [0, 0.05) is 28.5 Å². The summed E-state index contributed by atoms with van der Waals surface area (Å²) in [6.07, 6.45) is 1.53. The molecule has 0 aliphatic carbocycles. The number of anilines is 1. The van der Waals surface area contributed by atoms with E-state index in [1.807, 2.05) is 26.0 Å². The third-order valence-corrected chi connectivity index (χ3v) is 6.54. The zero-order valence-corrected chi connectivity index (χ0v) is 21.2. The number of hydrogen-bond acceptors (Lipinski definition) is 4. The monoisotopic (exact) mass is 523 g/mol. The van der Waals surface area contributed by atoms with Crippen LogP contribution in [-0.4, -0.2) is 26.5 Å². The Bertz CT molecular complexity index is 1550. The van der Waals surface area contributed by atoms with Crippen LogP contribution >= 0.6 is 23.2 Å². The fourth-order valence-corrected chi connectivity index (χ4v) is 4.57. The average Bonchev–Trinajstić information content (AvgIpc) is 2.86. The van der Waals surface area contributed by atoms with Crippen LogP contribution in [0, 0.1) is 0 Å². The molecule has 7 nitrogen and oxygen atoms in total. The summed E-state index contributed by atoms with van der Waals surface area (Å²) in [5.41, 5.74) is 3.31. The highest BCUT2D eigenvalue weighted by molar-refractivity contribution is 6.39. The van der Waals surface area contributed by atoms with Gasteiger partial charge >= 0.3 is 5.97 Å². The number of nitrogens with one attached hydrogen (secondary N) is 1. The number of pyridine rings is 2. The molecule has 2 N–H and O–H groups in total. The summed E-state index contributed by atoms with van der Waals surface area (Å²) in [6, 6.07) is 15.0. The van der Waals surface area contributed by atoms with E-state index in [-0.39, 0.29) is 26.7 Å². The van der Waals surface area contributed by atoms with E-state index in [1.54, 1.807) is 34.9 Å². The smallest absolute Gasteiger partial charge is 0.338 e.